The van der Waals surface area contributed by atoms with E-state index in [1.807, 2.05) is 18.2 Å². The molecule has 0 aliphatic carbocycles. The summed E-state index contributed by atoms with van der Waals surface area (Å²) in [6.45, 7) is 6.09. The van der Waals surface area contributed by atoms with E-state index in [9.17, 15) is 0 Å². The van der Waals surface area contributed by atoms with E-state index in [2.05, 4.69) is 43.2 Å². The predicted octanol–water partition coefficient (Wildman–Crippen LogP) is 3.12. The number of nitrogens with zero attached hydrogens (tertiary/aromatic N) is 3. The molecule has 1 aliphatic rings. The topological polar surface area (TPSA) is 54.2 Å². The van der Waals surface area contributed by atoms with Gasteiger partial charge in [0.15, 0.2) is 5.82 Å². The first-order valence-corrected chi connectivity index (χ1v) is 8.06. The number of halogens is 2. The van der Waals surface area contributed by atoms with Gasteiger partial charge >= 0.3 is 0 Å². The second-order valence-corrected chi connectivity index (χ2v) is 6.31. The quantitative estimate of drug-likeness (QED) is 0.898. The van der Waals surface area contributed by atoms with Crippen molar-refractivity contribution in [3.63, 3.8) is 0 Å². The van der Waals surface area contributed by atoms with Crippen LogP contribution in [0.5, 0.6) is 0 Å². The summed E-state index contributed by atoms with van der Waals surface area (Å²) in [6.07, 6.45) is 0. The zero-order chi connectivity index (χ0) is 14.8. The van der Waals surface area contributed by atoms with Crippen LogP contribution in [0.2, 0.25) is 5.02 Å². The van der Waals surface area contributed by atoms with E-state index in [0.717, 1.165) is 36.2 Å². The molecular weight excluding hydrogens is 356 g/mol. The molecule has 112 valence electrons. The molecule has 5 nitrogen and oxygen atoms in total. The smallest absolute Gasteiger partial charge is 0.258 e. The lowest BCUT2D eigenvalue weighted by Gasteiger charge is -2.30. The molecule has 1 aliphatic heterocycles. The molecule has 21 heavy (non-hydrogen) atoms. The van der Waals surface area contributed by atoms with Gasteiger partial charge in [-0.1, -0.05) is 16.8 Å². The Bertz CT molecular complexity index is 627. The highest BCUT2D eigenvalue weighted by atomic mass is 79.9. The van der Waals surface area contributed by atoms with Crippen LogP contribution >= 0.6 is 27.5 Å². The highest BCUT2D eigenvalue weighted by Gasteiger charge is 2.22. The number of benzene rings is 1. The minimum atomic E-state index is 0.149. The minimum absolute atomic E-state index is 0.149. The van der Waals surface area contributed by atoms with Crippen molar-refractivity contribution in [2.75, 3.05) is 26.2 Å². The Morgan fingerprint density at radius 2 is 2.14 bits per heavy atom. The second-order valence-electron chi connectivity index (χ2n) is 5.05. The first-order valence-electron chi connectivity index (χ1n) is 6.89. The second kappa shape index (κ2) is 6.44. The summed E-state index contributed by atoms with van der Waals surface area (Å²) in [5.74, 6) is 1.22. The fourth-order valence-electron chi connectivity index (χ4n) is 2.38. The van der Waals surface area contributed by atoms with Crippen LogP contribution in [-0.2, 0) is 0 Å². The van der Waals surface area contributed by atoms with Crippen molar-refractivity contribution in [1.29, 1.82) is 0 Å². The van der Waals surface area contributed by atoms with Gasteiger partial charge in [0.1, 0.15) is 0 Å². The molecule has 0 spiro atoms. The van der Waals surface area contributed by atoms with Crippen LogP contribution in [-0.4, -0.2) is 41.2 Å². The van der Waals surface area contributed by atoms with Crippen LogP contribution in [0, 0.1) is 0 Å². The van der Waals surface area contributed by atoms with Crippen LogP contribution in [0.4, 0.5) is 0 Å². The first kappa shape index (κ1) is 15.0. The molecule has 3 rings (SSSR count). The van der Waals surface area contributed by atoms with Gasteiger partial charge in [0.05, 0.1) is 11.1 Å². The van der Waals surface area contributed by atoms with E-state index in [1.54, 1.807) is 0 Å². The van der Waals surface area contributed by atoms with Gasteiger partial charge in [-0.3, -0.25) is 4.90 Å². The van der Waals surface area contributed by atoms with E-state index >= 15 is 0 Å². The SMILES string of the molecule is CC(c1noc(-c2ccc(Br)c(Cl)c2)n1)N1CCNCC1. The van der Waals surface area contributed by atoms with Crippen LogP contribution in [0.25, 0.3) is 11.5 Å². The Morgan fingerprint density at radius 3 is 2.86 bits per heavy atom. The Kier molecular flexibility index (Phi) is 4.59. The van der Waals surface area contributed by atoms with E-state index in [0.29, 0.717) is 16.7 Å². The molecule has 1 aromatic heterocycles. The third kappa shape index (κ3) is 3.29. The van der Waals surface area contributed by atoms with Gasteiger partial charge in [-0.25, -0.2) is 0 Å². The Labute approximate surface area is 136 Å². The molecule has 1 saturated heterocycles. The summed E-state index contributed by atoms with van der Waals surface area (Å²) in [4.78, 5) is 6.86. The normalized spacial score (nSPS) is 17.9. The van der Waals surface area contributed by atoms with E-state index in [-0.39, 0.29) is 6.04 Å². The van der Waals surface area contributed by atoms with Gasteiger partial charge in [-0.05, 0) is 41.1 Å². The van der Waals surface area contributed by atoms with Crippen LogP contribution < -0.4 is 5.32 Å². The largest absolute Gasteiger partial charge is 0.334 e. The standard InChI is InChI=1S/C14H16BrClN4O/c1-9(20-6-4-17-5-7-20)13-18-14(21-19-13)10-2-3-11(15)12(16)8-10/h2-3,8-9,17H,4-7H2,1H3. The van der Waals surface area contributed by atoms with Gasteiger partial charge in [0.25, 0.3) is 5.89 Å². The number of rotatable bonds is 3. The average Bonchev–Trinajstić information content (AvgIpc) is 3.00. The molecule has 1 atom stereocenters. The molecular formula is C14H16BrClN4O. The Hall–Kier alpha value is -0.950. The van der Waals surface area contributed by atoms with Gasteiger partial charge in [0, 0.05) is 36.2 Å². The predicted molar refractivity (Wildman–Crippen MR) is 85.3 cm³/mol. The van der Waals surface area contributed by atoms with Crippen molar-refractivity contribution in [3.8, 4) is 11.5 Å². The van der Waals surface area contributed by atoms with Crippen LogP contribution in [0.1, 0.15) is 18.8 Å². The molecule has 0 saturated carbocycles. The van der Waals surface area contributed by atoms with Gasteiger partial charge in [-0.2, -0.15) is 4.98 Å². The lowest BCUT2D eigenvalue weighted by molar-refractivity contribution is 0.176. The van der Waals surface area contributed by atoms with Crippen molar-refractivity contribution in [2.45, 2.75) is 13.0 Å². The van der Waals surface area contributed by atoms with Crippen LogP contribution in [0.15, 0.2) is 27.2 Å². The average molecular weight is 372 g/mol. The molecule has 7 heteroatoms. The lowest BCUT2D eigenvalue weighted by Crippen LogP contribution is -2.44. The summed E-state index contributed by atoms with van der Waals surface area (Å²) in [7, 11) is 0. The summed E-state index contributed by atoms with van der Waals surface area (Å²) in [5, 5.41) is 8.08. The summed E-state index contributed by atoms with van der Waals surface area (Å²) in [6, 6.07) is 5.75. The van der Waals surface area contributed by atoms with Crippen molar-refractivity contribution >= 4 is 27.5 Å². The number of nitrogens with one attached hydrogen (secondary N) is 1. The molecule has 0 bridgehead atoms. The number of piperazine rings is 1. The monoisotopic (exact) mass is 370 g/mol. The molecule has 1 aromatic carbocycles. The van der Waals surface area contributed by atoms with Gasteiger partial charge in [-0.15, -0.1) is 0 Å². The Balaban J connectivity index is 1.80. The zero-order valence-corrected chi connectivity index (χ0v) is 14.0. The molecule has 2 heterocycles. The van der Waals surface area contributed by atoms with Crippen molar-refractivity contribution in [2.24, 2.45) is 0 Å². The first-order chi connectivity index (χ1) is 10.1. The summed E-state index contributed by atoms with van der Waals surface area (Å²) < 4.78 is 6.23. The molecule has 0 amide bonds. The maximum Gasteiger partial charge on any atom is 0.258 e. The lowest BCUT2D eigenvalue weighted by atomic mass is 10.2. The van der Waals surface area contributed by atoms with Gasteiger partial charge < -0.3 is 9.84 Å². The third-order valence-electron chi connectivity index (χ3n) is 3.68. The van der Waals surface area contributed by atoms with E-state index in [4.69, 9.17) is 16.1 Å². The zero-order valence-electron chi connectivity index (χ0n) is 11.6. The van der Waals surface area contributed by atoms with E-state index in [1.165, 1.54) is 0 Å². The maximum absolute atomic E-state index is 6.10. The minimum Gasteiger partial charge on any atom is -0.334 e. The fourth-order valence-corrected chi connectivity index (χ4v) is 2.81. The Morgan fingerprint density at radius 1 is 1.38 bits per heavy atom. The van der Waals surface area contributed by atoms with Crippen molar-refractivity contribution in [1.82, 2.24) is 20.4 Å². The molecule has 1 N–H and O–H groups in total. The maximum atomic E-state index is 6.10. The highest BCUT2D eigenvalue weighted by Crippen LogP contribution is 2.29. The molecule has 1 fully saturated rings. The molecule has 1 unspecified atom stereocenters. The van der Waals surface area contributed by atoms with E-state index < -0.39 is 0 Å². The number of aromatic nitrogens is 2. The molecule has 2 aromatic rings. The van der Waals surface area contributed by atoms with Crippen molar-refractivity contribution in [3.05, 3.63) is 33.5 Å². The third-order valence-corrected chi connectivity index (χ3v) is 4.91. The highest BCUT2D eigenvalue weighted by molar-refractivity contribution is 9.10. The van der Waals surface area contributed by atoms with Crippen LogP contribution in [0.3, 0.4) is 0 Å². The molecule has 0 radical (unpaired) electrons. The van der Waals surface area contributed by atoms with Crippen molar-refractivity contribution < 1.29 is 4.52 Å². The summed E-state index contributed by atoms with van der Waals surface area (Å²) in [5.41, 5.74) is 0.828. The number of hydrogen-bond donors (Lipinski definition) is 1. The number of hydrogen-bond acceptors (Lipinski definition) is 5. The van der Waals surface area contributed by atoms with Gasteiger partial charge in [0.2, 0.25) is 0 Å². The fraction of sp³-hybridized carbons (Fsp3) is 0.429. The summed E-state index contributed by atoms with van der Waals surface area (Å²) >= 11 is 9.47.